The molecule has 1 saturated heterocycles. The van der Waals surface area contributed by atoms with Crippen LogP contribution in [0.1, 0.15) is 18.4 Å². The van der Waals surface area contributed by atoms with Crippen molar-refractivity contribution >= 4 is 46.3 Å². The summed E-state index contributed by atoms with van der Waals surface area (Å²) in [6.07, 6.45) is 1.44. The van der Waals surface area contributed by atoms with Gasteiger partial charge in [0, 0.05) is 18.5 Å². The van der Waals surface area contributed by atoms with Gasteiger partial charge in [-0.1, -0.05) is 36.1 Å². The second-order valence-electron chi connectivity index (χ2n) is 4.47. The van der Waals surface area contributed by atoms with Gasteiger partial charge in [-0.2, -0.15) is 0 Å². The number of carbonyl (C=O) groups excluding carboxylic acids is 1. The predicted molar refractivity (Wildman–Crippen MR) is 83.1 cm³/mol. The van der Waals surface area contributed by atoms with Gasteiger partial charge in [0.1, 0.15) is 4.32 Å². The zero-order valence-electron chi connectivity index (χ0n) is 11.2. The fraction of sp³-hybridized carbons (Fsp3) is 0.214. The average Bonchev–Trinajstić information content (AvgIpc) is 2.71. The SMILES string of the molecule is O=C(O)CCCN1C(=O)C(=Cc2cccc(F)c2F)SC1=S. The van der Waals surface area contributed by atoms with Crippen LogP contribution >= 0.6 is 24.0 Å². The molecule has 0 unspecified atom stereocenters. The minimum Gasteiger partial charge on any atom is -0.481 e. The predicted octanol–water partition coefficient (Wildman–Crippen LogP) is 3.03. The van der Waals surface area contributed by atoms with E-state index in [2.05, 4.69) is 0 Å². The molecule has 8 heteroatoms. The molecule has 0 saturated carbocycles. The van der Waals surface area contributed by atoms with E-state index in [0.717, 1.165) is 17.8 Å². The van der Waals surface area contributed by atoms with Gasteiger partial charge in [0.25, 0.3) is 5.91 Å². The summed E-state index contributed by atoms with van der Waals surface area (Å²) in [4.78, 5) is 24.1. The quantitative estimate of drug-likeness (QED) is 0.658. The summed E-state index contributed by atoms with van der Waals surface area (Å²) < 4.78 is 27.1. The lowest BCUT2D eigenvalue weighted by Gasteiger charge is -2.13. The molecule has 0 spiro atoms. The third-order valence-electron chi connectivity index (χ3n) is 2.91. The van der Waals surface area contributed by atoms with Crippen molar-refractivity contribution < 1.29 is 23.5 Å². The highest BCUT2D eigenvalue weighted by molar-refractivity contribution is 8.26. The molecular formula is C14H11F2NO3S2. The van der Waals surface area contributed by atoms with E-state index >= 15 is 0 Å². The number of benzene rings is 1. The normalized spacial score (nSPS) is 16.6. The minimum atomic E-state index is -1.03. The summed E-state index contributed by atoms with van der Waals surface area (Å²) in [5.41, 5.74) is -0.0361. The number of amides is 1. The number of carboxylic acid groups (broad SMARTS) is 1. The second-order valence-corrected chi connectivity index (χ2v) is 6.15. The van der Waals surface area contributed by atoms with Crippen LogP contribution in [0.15, 0.2) is 23.1 Å². The zero-order valence-corrected chi connectivity index (χ0v) is 12.8. The molecule has 116 valence electrons. The number of halogens is 2. The van der Waals surface area contributed by atoms with Crippen molar-refractivity contribution in [1.82, 2.24) is 4.90 Å². The van der Waals surface area contributed by atoms with Crippen LogP contribution in [0.25, 0.3) is 6.08 Å². The summed E-state index contributed by atoms with van der Waals surface area (Å²) in [5.74, 6) is -3.41. The molecule has 0 radical (unpaired) electrons. The number of hydrogen-bond donors (Lipinski definition) is 1. The molecule has 0 aliphatic carbocycles. The van der Waals surface area contributed by atoms with Crippen molar-refractivity contribution in [1.29, 1.82) is 0 Å². The van der Waals surface area contributed by atoms with Gasteiger partial charge in [-0.15, -0.1) is 0 Å². The van der Waals surface area contributed by atoms with Crippen LogP contribution in [0.4, 0.5) is 8.78 Å². The first-order chi connectivity index (χ1) is 10.4. The Morgan fingerprint density at radius 2 is 2.14 bits per heavy atom. The van der Waals surface area contributed by atoms with Crippen molar-refractivity contribution in [2.24, 2.45) is 0 Å². The maximum atomic E-state index is 13.6. The summed E-state index contributed by atoms with van der Waals surface area (Å²) in [7, 11) is 0. The van der Waals surface area contributed by atoms with E-state index in [4.69, 9.17) is 17.3 Å². The molecule has 1 heterocycles. The summed E-state index contributed by atoms with van der Waals surface area (Å²) in [6, 6.07) is 3.69. The Morgan fingerprint density at radius 1 is 1.41 bits per heavy atom. The fourth-order valence-corrected chi connectivity index (χ4v) is 3.15. The number of hydrogen-bond acceptors (Lipinski definition) is 4. The monoisotopic (exact) mass is 343 g/mol. The number of thiocarbonyl (C=S) groups is 1. The fourth-order valence-electron chi connectivity index (χ4n) is 1.85. The van der Waals surface area contributed by atoms with Gasteiger partial charge in [-0.05, 0) is 18.6 Å². The summed E-state index contributed by atoms with van der Waals surface area (Å²) >= 11 is 6.04. The molecule has 2 rings (SSSR count). The number of carbonyl (C=O) groups is 2. The number of carboxylic acids is 1. The molecule has 1 amide bonds. The lowest BCUT2D eigenvalue weighted by atomic mass is 10.2. The maximum absolute atomic E-state index is 13.6. The molecule has 0 aromatic heterocycles. The molecule has 22 heavy (non-hydrogen) atoms. The van der Waals surface area contributed by atoms with Crippen LogP contribution < -0.4 is 0 Å². The molecule has 0 bridgehead atoms. The van der Waals surface area contributed by atoms with E-state index in [9.17, 15) is 18.4 Å². The highest BCUT2D eigenvalue weighted by atomic mass is 32.2. The third kappa shape index (κ3) is 3.69. The average molecular weight is 343 g/mol. The van der Waals surface area contributed by atoms with E-state index < -0.39 is 23.5 Å². The number of nitrogens with zero attached hydrogens (tertiary/aromatic N) is 1. The Kier molecular flexibility index (Phi) is 5.25. The second kappa shape index (κ2) is 6.97. The number of thioether (sulfide) groups is 1. The van der Waals surface area contributed by atoms with E-state index in [1.807, 2.05) is 0 Å². The van der Waals surface area contributed by atoms with Gasteiger partial charge in [0.2, 0.25) is 0 Å². The first-order valence-electron chi connectivity index (χ1n) is 6.31. The Bertz CT molecular complexity index is 676. The van der Waals surface area contributed by atoms with Crippen molar-refractivity contribution in [2.45, 2.75) is 12.8 Å². The third-order valence-corrected chi connectivity index (χ3v) is 4.29. The largest absolute Gasteiger partial charge is 0.481 e. The van der Waals surface area contributed by atoms with Gasteiger partial charge >= 0.3 is 5.97 Å². The highest BCUT2D eigenvalue weighted by Gasteiger charge is 2.31. The molecular weight excluding hydrogens is 332 g/mol. The van der Waals surface area contributed by atoms with Crippen LogP contribution in [0.3, 0.4) is 0 Å². The van der Waals surface area contributed by atoms with Crippen molar-refractivity contribution in [2.75, 3.05) is 6.54 Å². The van der Waals surface area contributed by atoms with E-state index in [1.54, 1.807) is 0 Å². The van der Waals surface area contributed by atoms with Gasteiger partial charge in [-0.3, -0.25) is 14.5 Å². The van der Waals surface area contributed by atoms with Gasteiger partial charge in [-0.25, -0.2) is 8.78 Å². The first kappa shape index (κ1) is 16.6. The van der Waals surface area contributed by atoms with E-state index in [0.29, 0.717) is 0 Å². The topological polar surface area (TPSA) is 57.6 Å². The van der Waals surface area contributed by atoms with Crippen molar-refractivity contribution in [3.63, 3.8) is 0 Å². The van der Waals surface area contributed by atoms with Gasteiger partial charge in [0.15, 0.2) is 11.6 Å². The number of aliphatic carboxylic acids is 1. The highest BCUT2D eigenvalue weighted by Crippen LogP contribution is 2.33. The van der Waals surface area contributed by atoms with Crippen LogP contribution in [0.5, 0.6) is 0 Å². The standard InChI is InChI=1S/C14H11F2NO3S2/c15-9-4-1-3-8(12(9)16)7-10-13(20)17(14(21)22-10)6-2-5-11(18)19/h1,3-4,7H,2,5-6H2,(H,18,19). The molecule has 1 aliphatic heterocycles. The van der Waals surface area contributed by atoms with Crippen LogP contribution in [0, 0.1) is 11.6 Å². The molecule has 1 N–H and O–H groups in total. The van der Waals surface area contributed by atoms with Crippen LogP contribution in [-0.4, -0.2) is 32.7 Å². The Morgan fingerprint density at radius 3 is 2.82 bits per heavy atom. The summed E-state index contributed by atoms with van der Waals surface area (Å²) in [6.45, 7) is 0.180. The molecule has 1 fully saturated rings. The van der Waals surface area contributed by atoms with Crippen LogP contribution in [0.2, 0.25) is 0 Å². The molecule has 4 nitrogen and oxygen atoms in total. The molecule has 1 aliphatic rings. The van der Waals surface area contributed by atoms with Gasteiger partial charge < -0.3 is 5.11 Å². The Labute approximate surface area is 134 Å². The first-order valence-corrected chi connectivity index (χ1v) is 7.54. The molecule has 1 aromatic rings. The Balaban J connectivity index is 2.15. The Hall–Kier alpha value is -1.80. The van der Waals surface area contributed by atoms with Crippen molar-refractivity contribution in [3.8, 4) is 0 Å². The molecule has 1 aromatic carbocycles. The number of rotatable bonds is 5. The van der Waals surface area contributed by atoms with E-state index in [1.165, 1.54) is 23.1 Å². The van der Waals surface area contributed by atoms with Crippen LogP contribution in [-0.2, 0) is 9.59 Å². The summed E-state index contributed by atoms with van der Waals surface area (Å²) in [5, 5.41) is 8.59. The minimum absolute atomic E-state index is 0.0361. The van der Waals surface area contributed by atoms with Crippen molar-refractivity contribution in [3.05, 3.63) is 40.3 Å². The maximum Gasteiger partial charge on any atom is 0.303 e. The van der Waals surface area contributed by atoms with Gasteiger partial charge in [0.05, 0.1) is 4.91 Å². The zero-order chi connectivity index (χ0) is 16.3. The lowest BCUT2D eigenvalue weighted by molar-refractivity contribution is -0.137. The van der Waals surface area contributed by atoms with E-state index in [-0.39, 0.29) is 34.2 Å². The smallest absolute Gasteiger partial charge is 0.303 e. The molecule has 0 atom stereocenters. The lowest BCUT2D eigenvalue weighted by Crippen LogP contribution is -2.29.